The van der Waals surface area contributed by atoms with Crippen LogP contribution >= 0.6 is 0 Å². The fourth-order valence-corrected chi connectivity index (χ4v) is 1.90. The molecule has 1 atom stereocenters. The van der Waals surface area contributed by atoms with Crippen molar-refractivity contribution in [1.29, 1.82) is 0 Å². The molecule has 1 saturated carbocycles. The maximum Gasteiger partial charge on any atom is 0.146 e. The minimum absolute atomic E-state index is 0.0206. The molecule has 2 heteroatoms. The highest BCUT2D eigenvalue weighted by Crippen LogP contribution is 2.44. The van der Waals surface area contributed by atoms with Gasteiger partial charge in [-0.1, -0.05) is 13.8 Å². The summed E-state index contributed by atoms with van der Waals surface area (Å²) in [6, 6.07) is 0. The van der Waals surface area contributed by atoms with Crippen LogP contribution in [0.1, 0.15) is 33.6 Å². The first-order valence-corrected chi connectivity index (χ1v) is 3.89. The van der Waals surface area contributed by atoms with Crippen molar-refractivity contribution in [1.82, 2.24) is 0 Å². The fraction of sp³-hybridized carbons (Fsp3) is 0.778. The molecular weight excluding hydrogens is 140 g/mol. The lowest BCUT2D eigenvalue weighted by Gasteiger charge is -2.18. The van der Waals surface area contributed by atoms with Crippen LogP contribution < -0.4 is 0 Å². The van der Waals surface area contributed by atoms with Gasteiger partial charge in [0.15, 0.2) is 0 Å². The number of carbonyl (C=O) groups is 2. The van der Waals surface area contributed by atoms with E-state index in [0.29, 0.717) is 12.8 Å². The van der Waals surface area contributed by atoms with Crippen LogP contribution in [0.3, 0.4) is 0 Å². The zero-order chi connectivity index (χ0) is 8.70. The van der Waals surface area contributed by atoms with Gasteiger partial charge >= 0.3 is 0 Å². The predicted octanol–water partition coefficient (Wildman–Crippen LogP) is 1.58. The summed E-state index contributed by atoms with van der Waals surface area (Å²) in [6.07, 6.45) is 2.04. The van der Waals surface area contributed by atoms with Crippen molar-refractivity contribution in [2.24, 2.45) is 10.8 Å². The highest BCUT2D eigenvalue weighted by molar-refractivity contribution is 5.99. The first-order chi connectivity index (χ1) is 4.90. The lowest BCUT2D eigenvalue weighted by molar-refractivity contribution is -0.130. The molecule has 0 saturated heterocycles. The number of carbonyl (C=O) groups excluding carboxylic acids is 2. The van der Waals surface area contributed by atoms with Crippen LogP contribution in [0, 0.1) is 10.8 Å². The molecule has 0 aromatic rings. The van der Waals surface area contributed by atoms with Gasteiger partial charge < -0.3 is 4.79 Å². The second kappa shape index (κ2) is 2.16. The Balaban J connectivity index is 2.90. The average molecular weight is 154 g/mol. The van der Waals surface area contributed by atoms with E-state index in [1.165, 1.54) is 0 Å². The van der Waals surface area contributed by atoms with E-state index in [-0.39, 0.29) is 11.2 Å². The summed E-state index contributed by atoms with van der Waals surface area (Å²) in [5.74, 6) is 0.0949. The van der Waals surface area contributed by atoms with Crippen molar-refractivity contribution in [2.75, 3.05) is 0 Å². The summed E-state index contributed by atoms with van der Waals surface area (Å²) in [6.45, 7) is 5.79. The Kier molecular flexibility index (Phi) is 1.66. The molecule has 1 unspecified atom stereocenters. The van der Waals surface area contributed by atoms with Crippen LogP contribution in [0.5, 0.6) is 0 Å². The highest BCUT2D eigenvalue weighted by atomic mass is 16.1. The third-order valence-corrected chi connectivity index (χ3v) is 2.38. The molecule has 1 aliphatic carbocycles. The topological polar surface area (TPSA) is 34.1 Å². The summed E-state index contributed by atoms with van der Waals surface area (Å²) in [7, 11) is 0. The standard InChI is InChI=1S/C9H14O2/c1-8(2)4-7(11)9(3,5-8)6-10/h6H,4-5H2,1-3H3. The zero-order valence-electron chi connectivity index (χ0n) is 7.31. The zero-order valence-corrected chi connectivity index (χ0v) is 7.31. The van der Waals surface area contributed by atoms with E-state index in [0.717, 1.165) is 6.29 Å². The maximum atomic E-state index is 11.3. The van der Waals surface area contributed by atoms with Gasteiger partial charge in [0.25, 0.3) is 0 Å². The van der Waals surface area contributed by atoms with Gasteiger partial charge in [-0.15, -0.1) is 0 Å². The number of Topliss-reactive ketones (excluding diaryl/α,β-unsaturated/α-hetero) is 1. The maximum absolute atomic E-state index is 11.3. The first kappa shape index (κ1) is 8.44. The molecule has 11 heavy (non-hydrogen) atoms. The molecule has 0 N–H and O–H groups in total. The predicted molar refractivity (Wildman–Crippen MR) is 42.2 cm³/mol. The van der Waals surface area contributed by atoms with Gasteiger partial charge in [0.1, 0.15) is 12.1 Å². The third kappa shape index (κ3) is 1.35. The summed E-state index contributed by atoms with van der Waals surface area (Å²) in [5.41, 5.74) is -0.670. The van der Waals surface area contributed by atoms with Crippen LogP contribution in [0.4, 0.5) is 0 Å². The van der Waals surface area contributed by atoms with E-state index in [1.807, 2.05) is 13.8 Å². The Morgan fingerprint density at radius 2 is 1.91 bits per heavy atom. The van der Waals surface area contributed by atoms with Gasteiger partial charge in [0.05, 0.1) is 5.41 Å². The van der Waals surface area contributed by atoms with Gasteiger partial charge in [0.2, 0.25) is 0 Å². The molecule has 0 amide bonds. The Labute approximate surface area is 67.0 Å². The van der Waals surface area contributed by atoms with Crippen molar-refractivity contribution < 1.29 is 9.59 Å². The summed E-state index contributed by atoms with van der Waals surface area (Å²) in [4.78, 5) is 21.9. The molecule has 0 aromatic carbocycles. The Morgan fingerprint density at radius 3 is 2.09 bits per heavy atom. The molecule has 0 heterocycles. The molecule has 0 spiro atoms. The molecule has 1 aliphatic rings. The van der Waals surface area contributed by atoms with Gasteiger partial charge in [-0.3, -0.25) is 4.79 Å². The molecule has 0 aliphatic heterocycles. The van der Waals surface area contributed by atoms with E-state index in [2.05, 4.69) is 0 Å². The van der Waals surface area contributed by atoms with Crippen molar-refractivity contribution in [2.45, 2.75) is 33.6 Å². The average Bonchev–Trinajstić information content (AvgIpc) is 2.03. The van der Waals surface area contributed by atoms with E-state index < -0.39 is 5.41 Å². The Morgan fingerprint density at radius 1 is 1.36 bits per heavy atom. The molecule has 0 aromatic heterocycles. The van der Waals surface area contributed by atoms with Crippen LogP contribution in [-0.2, 0) is 9.59 Å². The SMILES string of the molecule is CC1(C)CC(=O)C(C)(C=O)C1. The molecule has 1 rings (SSSR count). The van der Waals surface area contributed by atoms with E-state index >= 15 is 0 Å². The highest BCUT2D eigenvalue weighted by Gasteiger charge is 2.46. The normalized spacial score (nSPS) is 35.7. The Bertz CT molecular complexity index is 206. The summed E-state index contributed by atoms with van der Waals surface area (Å²) in [5, 5.41) is 0. The van der Waals surface area contributed by atoms with Gasteiger partial charge in [-0.05, 0) is 18.8 Å². The first-order valence-electron chi connectivity index (χ1n) is 3.89. The molecule has 1 fully saturated rings. The van der Waals surface area contributed by atoms with Crippen LogP contribution in [-0.4, -0.2) is 12.1 Å². The Hall–Kier alpha value is -0.660. The van der Waals surface area contributed by atoms with Crippen molar-refractivity contribution in [3.05, 3.63) is 0 Å². The van der Waals surface area contributed by atoms with Crippen LogP contribution in [0.25, 0.3) is 0 Å². The van der Waals surface area contributed by atoms with Crippen molar-refractivity contribution >= 4 is 12.1 Å². The monoisotopic (exact) mass is 154 g/mol. The van der Waals surface area contributed by atoms with E-state index in [1.54, 1.807) is 6.92 Å². The quantitative estimate of drug-likeness (QED) is 0.424. The molecule has 0 bridgehead atoms. The number of aldehydes is 1. The molecule has 62 valence electrons. The fourth-order valence-electron chi connectivity index (χ4n) is 1.90. The van der Waals surface area contributed by atoms with Crippen LogP contribution in [0.2, 0.25) is 0 Å². The van der Waals surface area contributed by atoms with Crippen molar-refractivity contribution in [3.8, 4) is 0 Å². The second-order valence-electron chi connectivity index (χ2n) is 4.48. The lowest BCUT2D eigenvalue weighted by Crippen LogP contribution is -2.23. The van der Waals surface area contributed by atoms with Gasteiger partial charge in [-0.25, -0.2) is 0 Å². The summed E-state index contributed by atoms with van der Waals surface area (Å²) >= 11 is 0. The second-order valence-corrected chi connectivity index (χ2v) is 4.48. The number of rotatable bonds is 1. The number of ketones is 1. The minimum Gasteiger partial charge on any atom is -0.302 e. The molecule has 2 nitrogen and oxygen atoms in total. The third-order valence-electron chi connectivity index (χ3n) is 2.38. The summed E-state index contributed by atoms with van der Waals surface area (Å²) < 4.78 is 0. The van der Waals surface area contributed by atoms with E-state index in [4.69, 9.17) is 0 Å². The van der Waals surface area contributed by atoms with Gasteiger partial charge in [-0.2, -0.15) is 0 Å². The van der Waals surface area contributed by atoms with Gasteiger partial charge in [0, 0.05) is 6.42 Å². The lowest BCUT2D eigenvalue weighted by atomic mass is 9.84. The smallest absolute Gasteiger partial charge is 0.146 e. The largest absolute Gasteiger partial charge is 0.302 e. The van der Waals surface area contributed by atoms with E-state index in [9.17, 15) is 9.59 Å². The minimum atomic E-state index is -0.691. The molecule has 0 radical (unpaired) electrons. The van der Waals surface area contributed by atoms with Crippen molar-refractivity contribution in [3.63, 3.8) is 0 Å². The number of hydrogen-bond acceptors (Lipinski definition) is 2. The molecular formula is C9H14O2. The number of hydrogen-bond donors (Lipinski definition) is 0. The van der Waals surface area contributed by atoms with Crippen LogP contribution in [0.15, 0.2) is 0 Å².